The van der Waals surface area contributed by atoms with Crippen molar-refractivity contribution in [2.75, 3.05) is 6.61 Å². The molecule has 1 heterocycles. The molecule has 4 heteroatoms. The molecule has 0 aliphatic rings. The van der Waals surface area contributed by atoms with Crippen LogP contribution in [-0.2, 0) is 16.0 Å². The number of carbonyl (C=O) groups excluding carboxylic acids is 1. The van der Waals surface area contributed by atoms with Crippen LogP contribution in [0.5, 0.6) is 0 Å². The molecular formula is C22H21NO3. The number of nitrogens with zero attached hydrogens (tertiary/aromatic N) is 1. The van der Waals surface area contributed by atoms with Crippen LogP contribution >= 0.6 is 0 Å². The highest BCUT2D eigenvalue weighted by molar-refractivity contribution is 5.86. The van der Waals surface area contributed by atoms with Gasteiger partial charge in [-0.3, -0.25) is 0 Å². The second-order valence-electron chi connectivity index (χ2n) is 6.04. The topological polar surface area (TPSA) is 52.3 Å². The van der Waals surface area contributed by atoms with Gasteiger partial charge in [0.1, 0.15) is 5.69 Å². The first kappa shape index (κ1) is 17.7. The number of benzene rings is 2. The van der Waals surface area contributed by atoms with Gasteiger partial charge < -0.3 is 9.15 Å². The van der Waals surface area contributed by atoms with Crippen LogP contribution in [0.1, 0.15) is 19.2 Å². The molecule has 3 rings (SSSR count). The van der Waals surface area contributed by atoms with Gasteiger partial charge in [0, 0.05) is 23.1 Å². The van der Waals surface area contributed by atoms with Crippen LogP contribution in [0.15, 0.2) is 77.2 Å². The molecule has 3 aromatic rings. The number of hydrogen-bond acceptors (Lipinski definition) is 4. The van der Waals surface area contributed by atoms with Crippen molar-refractivity contribution in [1.29, 1.82) is 0 Å². The van der Waals surface area contributed by atoms with Crippen LogP contribution in [0.3, 0.4) is 0 Å². The molecule has 2 aromatic carbocycles. The summed E-state index contributed by atoms with van der Waals surface area (Å²) < 4.78 is 11.2. The molecule has 0 bridgehead atoms. The highest BCUT2D eigenvalue weighted by Gasteiger charge is 2.16. The largest absolute Gasteiger partial charge is 0.462 e. The fraction of sp³-hybridized carbons (Fsp3) is 0.182. The van der Waals surface area contributed by atoms with E-state index in [0.29, 0.717) is 30.9 Å². The summed E-state index contributed by atoms with van der Waals surface area (Å²) in [5.74, 6) is 1.02. The van der Waals surface area contributed by atoms with E-state index in [-0.39, 0.29) is 5.97 Å². The third kappa shape index (κ3) is 4.28. The quantitative estimate of drug-likeness (QED) is 0.340. The molecule has 0 atom stereocenters. The fourth-order valence-corrected chi connectivity index (χ4v) is 2.56. The number of ether oxygens (including phenoxy) is 1. The maximum atomic E-state index is 11.4. The number of carbonyl (C=O) groups is 1. The molecule has 0 radical (unpaired) electrons. The van der Waals surface area contributed by atoms with Crippen LogP contribution in [0.25, 0.3) is 22.6 Å². The molecule has 4 nitrogen and oxygen atoms in total. The Labute approximate surface area is 153 Å². The maximum Gasteiger partial charge on any atom is 0.333 e. The third-order valence-electron chi connectivity index (χ3n) is 3.87. The smallest absolute Gasteiger partial charge is 0.333 e. The first-order valence-electron chi connectivity index (χ1n) is 8.58. The lowest BCUT2D eigenvalue weighted by atomic mass is 10.1. The second-order valence-corrected chi connectivity index (χ2v) is 6.04. The van der Waals surface area contributed by atoms with Crippen molar-refractivity contribution in [1.82, 2.24) is 4.98 Å². The Kier molecular flexibility index (Phi) is 5.64. The first-order valence-corrected chi connectivity index (χ1v) is 8.58. The van der Waals surface area contributed by atoms with E-state index in [2.05, 4.69) is 11.6 Å². The Hall–Kier alpha value is -3.14. The Morgan fingerprint density at radius 1 is 1.04 bits per heavy atom. The van der Waals surface area contributed by atoms with Gasteiger partial charge in [-0.05, 0) is 13.3 Å². The lowest BCUT2D eigenvalue weighted by Crippen LogP contribution is -2.06. The van der Waals surface area contributed by atoms with Crippen LogP contribution in [-0.4, -0.2) is 17.6 Å². The van der Waals surface area contributed by atoms with Crippen LogP contribution in [0, 0.1) is 0 Å². The van der Waals surface area contributed by atoms with E-state index < -0.39 is 0 Å². The van der Waals surface area contributed by atoms with E-state index >= 15 is 0 Å². The number of aromatic nitrogens is 1. The number of hydrogen-bond donors (Lipinski definition) is 0. The van der Waals surface area contributed by atoms with E-state index in [9.17, 15) is 4.79 Å². The van der Waals surface area contributed by atoms with Gasteiger partial charge in [-0.2, -0.15) is 0 Å². The molecule has 0 saturated heterocycles. The Balaban J connectivity index is 1.79. The van der Waals surface area contributed by atoms with Gasteiger partial charge in [-0.25, -0.2) is 9.78 Å². The SMILES string of the molecule is C=C(C)C(=O)OCCCc1nc(-c2ccccc2)c(-c2ccccc2)o1. The summed E-state index contributed by atoms with van der Waals surface area (Å²) in [5, 5.41) is 0. The minimum absolute atomic E-state index is 0.315. The average Bonchev–Trinajstić information content (AvgIpc) is 3.10. The van der Waals surface area contributed by atoms with E-state index in [1.165, 1.54) is 0 Å². The summed E-state index contributed by atoms with van der Waals surface area (Å²) in [6, 6.07) is 19.9. The standard InChI is InChI=1S/C22H21NO3/c1-16(2)22(24)25-15-9-14-19-23-20(17-10-5-3-6-11-17)21(26-19)18-12-7-4-8-13-18/h3-8,10-13H,1,9,14-15H2,2H3. The van der Waals surface area contributed by atoms with Crippen molar-refractivity contribution in [3.63, 3.8) is 0 Å². The van der Waals surface area contributed by atoms with Crippen molar-refractivity contribution in [3.05, 3.63) is 78.7 Å². The van der Waals surface area contributed by atoms with Gasteiger partial charge in [0.25, 0.3) is 0 Å². The van der Waals surface area contributed by atoms with Gasteiger partial charge in [-0.1, -0.05) is 67.2 Å². The van der Waals surface area contributed by atoms with E-state index in [1.807, 2.05) is 60.7 Å². The predicted molar refractivity (Wildman–Crippen MR) is 101 cm³/mol. The van der Waals surface area contributed by atoms with E-state index in [1.54, 1.807) is 6.92 Å². The highest BCUT2D eigenvalue weighted by Crippen LogP contribution is 2.32. The number of aryl methyl sites for hydroxylation is 1. The third-order valence-corrected chi connectivity index (χ3v) is 3.87. The fourth-order valence-electron chi connectivity index (χ4n) is 2.56. The summed E-state index contributed by atoms with van der Waals surface area (Å²) in [4.78, 5) is 16.1. The molecule has 0 fully saturated rings. The molecule has 0 unspecified atom stereocenters. The van der Waals surface area contributed by atoms with Gasteiger partial charge in [-0.15, -0.1) is 0 Å². The molecule has 132 valence electrons. The lowest BCUT2D eigenvalue weighted by molar-refractivity contribution is -0.139. The summed E-state index contributed by atoms with van der Waals surface area (Å²) >= 11 is 0. The number of esters is 1. The zero-order chi connectivity index (χ0) is 18.4. The summed E-state index contributed by atoms with van der Waals surface area (Å²) in [6.45, 7) is 5.52. The van der Waals surface area contributed by atoms with Crippen molar-refractivity contribution < 1.29 is 13.9 Å². The first-order chi connectivity index (χ1) is 12.6. The minimum Gasteiger partial charge on any atom is -0.462 e. The molecular weight excluding hydrogens is 326 g/mol. The minimum atomic E-state index is -0.368. The van der Waals surface area contributed by atoms with Crippen molar-refractivity contribution in [2.24, 2.45) is 0 Å². The predicted octanol–water partition coefficient (Wildman–Crippen LogP) is 5.06. The average molecular weight is 347 g/mol. The molecule has 0 N–H and O–H groups in total. The van der Waals surface area contributed by atoms with Crippen molar-refractivity contribution in [2.45, 2.75) is 19.8 Å². The van der Waals surface area contributed by atoms with E-state index in [4.69, 9.17) is 9.15 Å². The van der Waals surface area contributed by atoms with E-state index in [0.717, 1.165) is 22.6 Å². The summed E-state index contributed by atoms with van der Waals surface area (Å²) in [7, 11) is 0. The van der Waals surface area contributed by atoms with Gasteiger partial charge >= 0.3 is 5.97 Å². The molecule has 1 aromatic heterocycles. The molecule has 0 saturated carbocycles. The van der Waals surface area contributed by atoms with Crippen LogP contribution in [0.2, 0.25) is 0 Å². The number of oxazole rings is 1. The molecule has 0 spiro atoms. The zero-order valence-corrected chi connectivity index (χ0v) is 14.8. The van der Waals surface area contributed by atoms with Crippen molar-refractivity contribution in [3.8, 4) is 22.6 Å². The Morgan fingerprint density at radius 3 is 2.27 bits per heavy atom. The van der Waals surface area contributed by atoms with Crippen LogP contribution in [0.4, 0.5) is 0 Å². The zero-order valence-electron chi connectivity index (χ0n) is 14.8. The van der Waals surface area contributed by atoms with Crippen LogP contribution < -0.4 is 0 Å². The molecule has 0 aliphatic carbocycles. The lowest BCUT2D eigenvalue weighted by Gasteiger charge is -2.02. The molecule has 26 heavy (non-hydrogen) atoms. The monoisotopic (exact) mass is 347 g/mol. The van der Waals surface area contributed by atoms with Gasteiger partial charge in [0.05, 0.1) is 6.61 Å². The second kappa shape index (κ2) is 8.30. The molecule has 0 aliphatic heterocycles. The maximum absolute atomic E-state index is 11.4. The summed E-state index contributed by atoms with van der Waals surface area (Å²) in [5.41, 5.74) is 3.22. The Morgan fingerprint density at radius 2 is 1.65 bits per heavy atom. The Bertz CT molecular complexity index is 825. The van der Waals surface area contributed by atoms with Gasteiger partial charge in [0.2, 0.25) is 0 Å². The van der Waals surface area contributed by atoms with Gasteiger partial charge in [0.15, 0.2) is 11.7 Å². The van der Waals surface area contributed by atoms with Crippen molar-refractivity contribution >= 4 is 5.97 Å². The molecule has 0 amide bonds. The summed E-state index contributed by atoms with van der Waals surface area (Å²) in [6.07, 6.45) is 1.23. The highest BCUT2D eigenvalue weighted by atomic mass is 16.5. The number of rotatable bonds is 7. The normalized spacial score (nSPS) is 10.5.